The van der Waals surface area contributed by atoms with Crippen molar-refractivity contribution in [2.75, 3.05) is 0 Å². The zero-order valence-corrected chi connectivity index (χ0v) is 12.7. The van der Waals surface area contributed by atoms with Gasteiger partial charge in [-0.25, -0.2) is 9.48 Å². The summed E-state index contributed by atoms with van der Waals surface area (Å²) < 4.78 is 1.57. The largest absolute Gasteiger partial charge is 0.507 e. The van der Waals surface area contributed by atoms with Crippen LogP contribution in [0.15, 0.2) is 36.4 Å². The lowest BCUT2D eigenvalue weighted by Gasteiger charge is -2.10. The van der Waals surface area contributed by atoms with Crippen LogP contribution in [-0.2, 0) is 6.42 Å². The molecule has 6 nitrogen and oxygen atoms in total. The summed E-state index contributed by atoms with van der Waals surface area (Å²) in [5.41, 5.74) is 1.27. The van der Waals surface area contributed by atoms with Crippen molar-refractivity contribution in [3.05, 3.63) is 47.8 Å². The molecule has 2 N–H and O–H groups in total. The summed E-state index contributed by atoms with van der Waals surface area (Å²) in [5, 5.41) is 28.7. The third-order valence-electron chi connectivity index (χ3n) is 3.84. The van der Waals surface area contributed by atoms with Crippen molar-refractivity contribution in [1.29, 1.82) is 0 Å². The third-order valence-corrected chi connectivity index (χ3v) is 3.84. The maximum absolute atomic E-state index is 11.4. The van der Waals surface area contributed by atoms with E-state index in [9.17, 15) is 15.0 Å². The molecule has 23 heavy (non-hydrogen) atoms. The Kier molecular flexibility index (Phi) is 3.97. The molecule has 0 amide bonds. The lowest BCUT2D eigenvalue weighted by atomic mass is 10.1. The molecule has 0 saturated heterocycles. The van der Waals surface area contributed by atoms with Crippen LogP contribution in [0.5, 0.6) is 5.75 Å². The Hall–Kier alpha value is -2.89. The molecule has 2 aromatic carbocycles. The Labute approximate surface area is 133 Å². The molecule has 1 heterocycles. The third kappa shape index (κ3) is 2.63. The smallest absolute Gasteiger partial charge is 0.358 e. The number of phenols is 1. The maximum Gasteiger partial charge on any atom is 0.358 e. The molecule has 0 bridgehead atoms. The summed E-state index contributed by atoms with van der Waals surface area (Å²) in [6.45, 7) is 2.05. The van der Waals surface area contributed by atoms with Crippen molar-refractivity contribution >= 4 is 16.7 Å². The first-order valence-electron chi connectivity index (χ1n) is 7.52. The van der Waals surface area contributed by atoms with E-state index in [1.807, 2.05) is 31.2 Å². The van der Waals surface area contributed by atoms with E-state index in [1.165, 1.54) is 0 Å². The van der Waals surface area contributed by atoms with Crippen molar-refractivity contribution < 1.29 is 15.0 Å². The number of aromatic nitrogens is 3. The van der Waals surface area contributed by atoms with Gasteiger partial charge < -0.3 is 10.2 Å². The van der Waals surface area contributed by atoms with Gasteiger partial charge in [-0.3, -0.25) is 0 Å². The molecule has 0 radical (unpaired) electrons. The number of nitrogens with zero attached hydrogens (tertiary/aromatic N) is 3. The molecule has 3 aromatic rings. The van der Waals surface area contributed by atoms with Gasteiger partial charge in [-0.1, -0.05) is 42.8 Å². The SMILES string of the molecule is CCCCc1c(C(=O)O)nnn1-c1cccc2c(O)cccc12. The van der Waals surface area contributed by atoms with Crippen LogP contribution in [0.1, 0.15) is 35.9 Å². The molecule has 0 unspecified atom stereocenters. The predicted molar refractivity (Wildman–Crippen MR) is 86.1 cm³/mol. The minimum atomic E-state index is -1.08. The Morgan fingerprint density at radius 1 is 1.17 bits per heavy atom. The van der Waals surface area contributed by atoms with Crippen molar-refractivity contribution in [1.82, 2.24) is 15.0 Å². The van der Waals surface area contributed by atoms with E-state index < -0.39 is 5.97 Å². The van der Waals surface area contributed by atoms with Crippen LogP contribution in [0.25, 0.3) is 16.5 Å². The van der Waals surface area contributed by atoms with Crippen LogP contribution < -0.4 is 0 Å². The molecule has 3 rings (SSSR count). The highest BCUT2D eigenvalue weighted by molar-refractivity contribution is 5.94. The Bertz CT molecular complexity index is 871. The van der Waals surface area contributed by atoms with Gasteiger partial charge in [0.05, 0.1) is 11.4 Å². The normalized spacial score (nSPS) is 11.0. The van der Waals surface area contributed by atoms with Gasteiger partial charge in [0, 0.05) is 10.8 Å². The van der Waals surface area contributed by atoms with Gasteiger partial charge >= 0.3 is 5.97 Å². The molecular formula is C17H17N3O3. The number of hydrogen-bond donors (Lipinski definition) is 2. The second-order valence-electron chi connectivity index (χ2n) is 5.35. The van der Waals surface area contributed by atoms with Crippen LogP contribution in [0.2, 0.25) is 0 Å². The number of phenolic OH excluding ortho intramolecular Hbond substituents is 1. The van der Waals surface area contributed by atoms with Gasteiger partial charge in [0.25, 0.3) is 0 Å². The van der Waals surface area contributed by atoms with Crippen LogP contribution in [0, 0.1) is 0 Å². The lowest BCUT2D eigenvalue weighted by molar-refractivity contribution is 0.0689. The average Bonchev–Trinajstić information content (AvgIpc) is 2.96. The Morgan fingerprint density at radius 2 is 1.91 bits per heavy atom. The second kappa shape index (κ2) is 6.08. The Morgan fingerprint density at radius 3 is 2.65 bits per heavy atom. The number of carboxylic acid groups (broad SMARTS) is 1. The predicted octanol–water partition coefficient (Wildman–Crippen LogP) is 3.17. The van der Waals surface area contributed by atoms with Crippen LogP contribution >= 0.6 is 0 Å². The number of aromatic hydroxyl groups is 1. The minimum Gasteiger partial charge on any atom is -0.507 e. The van der Waals surface area contributed by atoms with Crippen LogP contribution in [0.3, 0.4) is 0 Å². The summed E-state index contributed by atoms with van der Waals surface area (Å²) in [4.78, 5) is 11.4. The number of fused-ring (bicyclic) bond motifs is 1. The van der Waals surface area contributed by atoms with E-state index in [0.29, 0.717) is 23.2 Å². The standard InChI is InChI=1S/C17H17N3O3/c1-2-3-8-14-16(17(22)23)18-19-20(14)13-9-4-7-12-11(13)6-5-10-15(12)21/h4-7,9-10,21H,2-3,8H2,1H3,(H,22,23). The van der Waals surface area contributed by atoms with Gasteiger partial charge in [-0.2, -0.15) is 0 Å². The summed E-state index contributed by atoms with van der Waals surface area (Å²) in [6.07, 6.45) is 2.38. The van der Waals surface area contributed by atoms with E-state index in [4.69, 9.17) is 0 Å². The number of rotatable bonds is 5. The second-order valence-corrected chi connectivity index (χ2v) is 5.35. The number of hydrogen-bond acceptors (Lipinski definition) is 4. The number of carboxylic acids is 1. The molecule has 0 aliphatic heterocycles. The van der Waals surface area contributed by atoms with Gasteiger partial charge in [0.2, 0.25) is 0 Å². The molecule has 0 aliphatic carbocycles. The van der Waals surface area contributed by atoms with Gasteiger partial charge in [0.15, 0.2) is 5.69 Å². The lowest BCUT2D eigenvalue weighted by Crippen LogP contribution is -2.07. The molecule has 0 saturated carbocycles. The number of unbranched alkanes of at least 4 members (excludes halogenated alkanes) is 1. The fourth-order valence-electron chi connectivity index (χ4n) is 2.69. The van der Waals surface area contributed by atoms with Crippen molar-refractivity contribution in [3.8, 4) is 11.4 Å². The average molecular weight is 311 g/mol. The maximum atomic E-state index is 11.4. The zero-order valence-electron chi connectivity index (χ0n) is 12.7. The van der Waals surface area contributed by atoms with Gasteiger partial charge in [-0.05, 0) is 25.0 Å². The molecule has 1 aromatic heterocycles. The molecular weight excluding hydrogens is 294 g/mol. The van der Waals surface area contributed by atoms with Crippen molar-refractivity contribution in [2.24, 2.45) is 0 Å². The minimum absolute atomic E-state index is 0.0180. The highest BCUT2D eigenvalue weighted by atomic mass is 16.4. The fourth-order valence-corrected chi connectivity index (χ4v) is 2.69. The van der Waals surface area contributed by atoms with E-state index in [2.05, 4.69) is 10.3 Å². The molecule has 6 heteroatoms. The first-order valence-corrected chi connectivity index (χ1v) is 7.52. The van der Waals surface area contributed by atoms with E-state index in [-0.39, 0.29) is 11.4 Å². The van der Waals surface area contributed by atoms with Gasteiger partial charge in [0.1, 0.15) is 5.75 Å². The summed E-state index contributed by atoms with van der Waals surface area (Å²) in [7, 11) is 0. The van der Waals surface area contributed by atoms with Gasteiger partial charge in [-0.15, -0.1) is 5.10 Å². The monoisotopic (exact) mass is 311 g/mol. The summed E-state index contributed by atoms with van der Waals surface area (Å²) in [6, 6.07) is 10.7. The Balaban J connectivity index is 2.23. The quantitative estimate of drug-likeness (QED) is 0.755. The molecule has 0 atom stereocenters. The van der Waals surface area contributed by atoms with E-state index in [1.54, 1.807) is 16.8 Å². The molecule has 0 spiro atoms. The zero-order chi connectivity index (χ0) is 16.4. The first-order chi connectivity index (χ1) is 11.1. The molecule has 0 fully saturated rings. The summed E-state index contributed by atoms with van der Waals surface area (Å²) in [5.74, 6) is -0.900. The van der Waals surface area contributed by atoms with Crippen LogP contribution in [0.4, 0.5) is 0 Å². The fraction of sp³-hybridized carbons (Fsp3) is 0.235. The summed E-state index contributed by atoms with van der Waals surface area (Å²) >= 11 is 0. The molecule has 0 aliphatic rings. The van der Waals surface area contributed by atoms with Crippen molar-refractivity contribution in [3.63, 3.8) is 0 Å². The first kappa shape index (κ1) is 15.0. The number of carbonyl (C=O) groups is 1. The number of benzene rings is 2. The highest BCUT2D eigenvalue weighted by Crippen LogP contribution is 2.29. The number of aromatic carboxylic acids is 1. The van der Waals surface area contributed by atoms with E-state index in [0.717, 1.165) is 18.2 Å². The van der Waals surface area contributed by atoms with E-state index >= 15 is 0 Å². The van der Waals surface area contributed by atoms with Crippen LogP contribution in [-0.4, -0.2) is 31.2 Å². The highest BCUT2D eigenvalue weighted by Gasteiger charge is 2.20. The van der Waals surface area contributed by atoms with Crippen molar-refractivity contribution in [2.45, 2.75) is 26.2 Å². The topological polar surface area (TPSA) is 88.2 Å². The molecule has 118 valence electrons.